The number of anilines is 3. The number of nitrogens with zero attached hydrogens (tertiary/aromatic N) is 4. The molecule has 0 aliphatic carbocycles. The molecule has 0 amide bonds. The lowest BCUT2D eigenvalue weighted by atomic mass is 10.1. The Kier molecular flexibility index (Phi) is 5.92. The highest BCUT2D eigenvalue weighted by Crippen LogP contribution is 2.29. The third-order valence-corrected chi connectivity index (χ3v) is 4.23. The van der Waals surface area contributed by atoms with E-state index in [1.54, 1.807) is 38.5 Å². The molecule has 3 rings (SSSR count). The van der Waals surface area contributed by atoms with E-state index in [4.69, 9.17) is 9.47 Å². The van der Waals surface area contributed by atoms with Gasteiger partial charge in [0.25, 0.3) is 5.88 Å². The van der Waals surface area contributed by atoms with Gasteiger partial charge in [0, 0.05) is 25.9 Å². The predicted octanol–water partition coefficient (Wildman–Crippen LogP) is 1.50. The minimum Gasteiger partial charge on any atom is -0.485 e. The Hall–Kier alpha value is -2.65. The fraction of sp³-hybridized carbons (Fsp3) is 0.500. The minimum absolute atomic E-state index is 0.136. The number of aromatic nitrogens is 3. The van der Waals surface area contributed by atoms with E-state index in [9.17, 15) is 5.11 Å². The summed E-state index contributed by atoms with van der Waals surface area (Å²) in [6.07, 6.45) is 4.45. The number of rotatable bonds is 9. The summed E-state index contributed by atoms with van der Waals surface area (Å²) < 4.78 is 11.1. The summed E-state index contributed by atoms with van der Waals surface area (Å²) in [4.78, 5) is 14.9. The molecule has 2 aromatic heterocycles. The van der Waals surface area contributed by atoms with Gasteiger partial charge >= 0.3 is 0 Å². The Morgan fingerprint density at radius 1 is 1.33 bits per heavy atom. The standard InChI is InChI=1S/C18H26N6O3/c1-18(25,11-24-7-4-8-24)12-27-14-9-13(10-21-16(14)26-3)22-17-20-6-5-15(19-2)23-17/h5-6,9-10,25H,4,7-8,11-12H2,1-3H3,(H2,19,20,22,23). The average Bonchev–Trinajstić information content (AvgIpc) is 2.64. The Balaban J connectivity index is 1.69. The topological polar surface area (TPSA) is 105 Å². The Bertz CT molecular complexity index is 767. The molecule has 0 spiro atoms. The second-order valence-corrected chi connectivity index (χ2v) is 6.79. The molecule has 0 bridgehead atoms. The highest BCUT2D eigenvalue weighted by molar-refractivity contribution is 5.57. The van der Waals surface area contributed by atoms with Gasteiger partial charge in [0.05, 0.1) is 19.0 Å². The second-order valence-electron chi connectivity index (χ2n) is 6.79. The van der Waals surface area contributed by atoms with Crippen LogP contribution in [0.25, 0.3) is 0 Å². The van der Waals surface area contributed by atoms with Crippen LogP contribution >= 0.6 is 0 Å². The second kappa shape index (κ2) is 8.36. The van der Waals surface area contributed by atoms with Crippen molar-refractivity contribution in [1.82, 2.24) is 19.9 Å². The van der Waals surface area contributed by atoms with Crippen molar-refractivity contribution in [3.63, 3.8) is 0 Å². The molecule has 9 heteroatoms. The summed E-state index contributed by atoms with van der Waals surface area (Å²) >= 11 is 0. The summed E-state index contributed by atoms with van der Waals surface area (Å²) in [5.41, 5.74) is -0.305. The van der Waals surface area contributed by atoms with Gasteiger partial charge in [0.15, 0.2) is 5.75 Å². The lowest BCUT2D eigenvalue weighted by molar-refractivity contribution is -0.0311. The van der Waals surface area contributed by atoms with E-state index in [0.29, 0.717) is 35.6 Å². The van der Waals surface area contributed by atoms with E-state index in [1.807, 2.05) is 0 Å². The molecule has 3 heterocycles. The number of aliphatic hydroxyl groups is 1. The van der Waals surface area contributed by atoms with Crippen LogP contribution in [-0.2, 0) is 0 Å². The van der Waals surface area contributed by atoms with Crippen LogP contribution < -0.4 is 20.1 Å². The van der Waals surface area contributed by atoms with Gasteiger partial charge in [-0.25, -0.2) is 9.97 Å². The zero-order valence-corrected chi connectivity index (χ0v) is 15.9. The normalized spacial score (nSPS) is 16.1. The van der Waals surface area contributed by atoms with Crippen LogP contribution in [0.1, 0.15) is 13.3 Å². The molecule has 0 saturated carbocycles. The highest BCUT2D eigenvalue weighted by atomic mass is 16.5. The van der Waals surface area contributed by atoms with E-state index in [1.165, 1.54) is 13.5 Å². The van der Waals surface area contributed by atoms with Crippen molar-refractivity contribution < 1.29 is 14.6 Å². The van der Waals surface area contributed by atoms with Crippen molar-refractivity contribution >= 4 is 17.5 Å². The zero-order valence-electron chi connectivity index (χ0n) is 15.9. The number of pyridine rings is 1. The van der Waals surface area contributed by atoms with Crippen LogP contribution in [-0.4, -0.2) is 71.0 Å². The van der Waals surface area contributed by atoms with Crippen molar-refractivity contribution in [3.05, 3.63) is 24.5 Å². The Morgan fingerprint density at radius 2 is 2.15 bits per heavy atom. The highest BCUT2D eigenvalue weighted by Gasteiger charge is 2.28. The number of β-amino-alcohol motifs (C(OH)–C–C–N with tert-alkyl or cyclic N) is 1. The lowest BCUT2D eigenvalue weighted by Gasteiger charge is -2.36. The van der Waals surface area contributed by atoms with E-state index >= 15 is 0 Å². The maximum Gasteiger partial charge on any atom is 0.256 e. The Morgan fingerprint density at radius 3 is 2.81 bits per heavy atom. The first-order valence-corrected chi connectivity index (χ1v) is 8.88. The van der Waals surface area contributed by atoms with Crippen molar-refractivity contribution in [1.29, 1.82) is 0 Å². The quantitative estimate of drug-likeness (QED) is 0.602. The maximum atomic E-state index is 10.6. The fourth-order valence-corrected chi connectivity index (χ4v) is 2.74. The first-order chi connectivity index (χ1) is 13.0. The van der Waals surface area contributed by atoms with Gasteiger partial charge in [-0.05, 0) is 32.5 Å². The van der Waals surface area contributed by atoms with Crippen LogP contribution in [0.2, 0.25) is 0 Å². The van der Waals surface area contributed by atoms with Gasteiger partial charge in [0.1, 0.15) is 18.0 Å². The van der Waals surface area contributed by atoms with Crippen LogP contribution in [0.5, 0.6) is 11.6 Å². The van der Waals surface area contributed by atoms with Crippen molar-refractivity contribution in [2.45, 2.75) is 18.9 Å². The van der Waals surface area contributed by atoms with E-state index in [2.05, 4.69) is 30.5 Å². The molecule has 1 aliphatic heterocycles. The third-order valence-electron chi connectivity index (χ3n) is 4.23. The van der Waals surface area contributed by atoms with E-state index < -0.39 is 5.60 Å². The first kappa shape index (κ1) is 19.1. The SMILES string of the molecule is CNc1ccnc(Nc2cnc(OC)c(OCC(C)(O)CN3CCC3)c2)n1. The van der Waals surface area contributed by atoms with Crippen LogP contribution in [0.4, 0.5) is 17.5 Å². The molecule has 1 fully saturated rings. The molecule has 3 N–H and O–H groups in total. The third kappa shape index (κ3) is 5.18. The summed E-state index contributed by atoms with van der Waals surface area (Å²) in [5, 5.41) is 16.6. The largest absolute Gasteiger partial charge is 0.485 e. The first-order valence-electron chi connectivity index (χ1n) is 8.88. The molecule has 146 valence electrons. The van der Waals surface area contributed by atoms with Crippen molar-refractivity contribution in [2.24, 2.45) is 0 Å². The van der Waals surface area contributed by atoms with Crippen molar-refractivity contribution in [2.75, 3.05) is 51.0 Å². The lowest BCUT2D eigenvalue weighted by Crippen LogP contribution is -2.50. The van der Waals surface area contributed by atoms with Gasteiger partial charge in [-0.2, -0.15) is 4.98 Å². The van der Waals surface area contributed by atoms with Gasteiger partial charge < -0.3 is 30.1 Å². The van der Waals surface area contributed by atoms with Gasteiger partial charge in [-0.3, -0.25) is 0 Å². The predicted molar refractivity (Wildman–Crippen MR) is 103 cm³/mol. The number of likely N-dealkylation sites (tertiary alicyclic amines) is 1. The maximum absolute atomic E-state index is 10.6. The van der Waals surface area contributed by atoms with Crippen LogP contribution in [0.15, 0.2) is 24.5 Å². The zero-order chi connectivity index (χ0) is 19.3. The van der Waals surface area contributed by atoms with Gasteiger partial charge in [0.2, 0.25) is 5.95 Å². The number of hydrogen-bond donors (Lipinski definition) is 3. The number of hydrogen-bond acceptors (Lipinski definition) is 9. The molecule has 0 aromatic carbocycles. The molecular formula is C18H26N6O3. The molecule has 1 saturated heterocycles. The van der Waals surface area contributed by atoms with Gasteiger partial charge in [-0.1, -0.05) is 0 Å². The summed E-state index contributed by atoms with van der Waals surface area (Å²) in [6, 6.07) is 3.52. The van der Waals surface area contributed by atoms with Crippen molar-refractivity contribution in [3.8, 4) is 11.6 Å². The molecule has 1 aliphatic rings. The van der Waals surface area contributed by atoms with Crippen LogP contribution in [0, 0.1) is 0 Å². The molecule has 9 nitrogen and oxygen atoms in total. The number of methoxy groups -OCH3 is 1. The van der Waals surface area contributed by atoms with Gasteiger partial charge in [-0.15, -0.1) is 0 Å². The molecule has 1 atom stereocenters. The van der Waals surface area contributed by atoms with E-state index in [0.717, 1.165) is 13.1 Å². The Labute approximate surface area is 158 Å². The van der Waals surface area contributed by atoms with Crippen LogP contribution in [0.3, 0.4) is 0 Å². The average molecular weight is 374 g/mol. The number of nitrogens with one attached hydrogen (secondary N) is 2. The molecule has 27 heavy (non-hydrogen) atoms. The minimum atomic E-state index is -0.959. The molecule has 2 aromatic rings. The molecule has 0 radical (unpaired) electrons. The fourth-order valence-electron chi connectivity index (χ4n) is 2.74. The summed E-state index contributed by atoms with van der Waals surface area (Å²) in [6.45, 7) is 4.52. The van der Waals surface area contributed by atoms with E-state index in [-0.39, 0.29) is 6.61 Å². The monoisotopic (exact) mass is 374 g/mol. The summed E-state index contributed by atoms with van der Waals surface area (Å²) in [7, 11) is 3.32. The number of ether oxygens (including phenoxy) is 2. The molecule has 1 unspecified atom stereocenters. The smallest absolute Gasteiger partial charge is 0.256 e. The molecular weight excluding hydrogens is 348 g/mol. The summed E-state index contributed by atoms with van der Waals surface area (Å²) in [5.74, 6) is 1.93.